The zero-order valence-corrected chi connectivity index (χ0v) is 20.5. The number of nitrogens with one attached hydrogen (secondary N) is 2. The Morgan fingerprint density at radius 3 is 2.48 bits per heavy atom. The van der Waals surface area contributed by atoms with Crippen molar-refractivity contribution in [2.45, 2.75) is 68.7 Å². The number of carbonyl (C=O) groups excluding carboxylic acids is 1. The first-order chi connectivity index (χ1) is 14.9. The molecule has 1 saturated heterocycles. The molecule has 0 spiro atoms. The van der Waals surface area contributed by atoms with Gasteiger partial charge in [-0.15, -0.1) is 11.3 Å². The van der Waals surface area contributed by atoms with Gasteiger partial charge in [0.1, 0.15) is 10.3 Å². The van der Waals surface area contributed by atoms with Crippen molar-refractivity contribution in [1.82, 2.24) is 19.8 Å². The number of rotatable bonds is 10. The van der Waals surface area contributed by atoms with E-state index in [1.54, 1.807) is 17.5 Å². The Bertz CT molecular complexity index is 769. The lowest BCUT2D eigenvalue weighted by Crippen LogP contribution is -2.51. The van der Waals surface area contributed by atoms with E-state index < -0.39 is 16.1 Å². The number of amides is 1. The number of hydrogen-bond donors (Lipinski definition) is 2. The van der Waals surface area contributed by atoms with Gasteiger partial charge >= 0.3 is 0 Å². The number of carbonyl (C=O) groups is 1. The van der Waals surface area contributed by atoms with Crippen LogP contribution in [0.2, 0.25) is 0 Å². The molecule has 0 unspecified atom stereocenters. The summed E-state index contributed by atoms with van der Waals surface area (Å²) in [7, 11) is -3.67. The molecule has 7 nitrogen and oxygen atoms in total. The zero-order chi connectivity index (χ0) is 22.3. The van der Waals surface area contributed by atoms with Crippen molar-refractivity contribution in [3.05, 3.63) is 17.5 Å². The van der Waals surface area contributed by atoms with Crippen molar-refractivity contribution in [2.75, 3.05) is 39.3 Å². The molecular formula is C22H38N4O3S2. The van der Waals surface area contributed by atoms with Gasteiger partial charge in [-0.05, 0) is 43.2 Å². The van der Waals surface area contributed by atoms with Crippen LogP contribution in [0.5, 0.6) is 0 Å². The normalized spacial score (nSPS) is 20.7. The lowest BCUT2D eigenvalue weighted by molar-refractivity contribution is -0.123. The molecule has 176 valence electrons. The Kier molecular flexibility index (Phi) is 9.33. The van der Waals surface area contributed by atoms with E-state index in [1.807, 2.05) is 13.8 Å². The monoisotopic (exact) mass is 470 g/mol. The third-order valence-corrected chi connectivity index (χ3v) is 9.28. The summed E-state index contributed by atoms with van der Waals surface area (Å²) in [6, 6.07) is 3.27. The Balaban J connectivity index is 1.37. The molecule has 1 amide bonds. The van der Waals surface area contributed by atoms with Crippen LogP contribution in [0.15, 0.2) is 21.7 Å². The van der Waals surface area contributed by atoms with E-state index in [4.69, 9.17) is 0 Å². The molecule has 0 bridgehead atoms. The summed E-state index contributed by atoms with van der Waals surface area (Å²) >= 11 is 1.15. The second-order valence-corrected chi connectivity index (χ2v) is 12.0. The van der Waals surface area contributed by atoms with Gasteiger partial charge in [0.15, 0.2) is 0 Å². The van der Waals surface area contributed by atoms with E-state index in [0.717, 1.165) is 56.5 Å². The molecule has 1 aliphatic carbocycles. The lowest BCUT2D eigenvalue weighted by atomic mass is 9.94. The summed E-state index contributed by atoms with van der Waals surface area (Å²) < 4.78 is 27.8. The summed E-state index contributed by atoms with van der Waals surface area (Å²) in [6.45, 7) is 9.73. The predicted molar refractivity (Wildman–Crippen MR) is 126 cm³/mol. The number of nitrogens with zero attached hydrogens (tertiary/aromatic N) is 2. The Morgan fingerprint density at radius 1 is 1.16 bits per heavy atom. The van der Waals surface area contributed by atoms with Crippen molar-refractivity contribution in [1.29, 1.82) is 0 Å². The minimum absolute atomic E-state index is 0.136. The molecule has 0 radical (unpaired) electrons. The quantitative estimate of drug-likeness (QED) is 0.514. The smallest absolute Gasteiger partial charge is 0.250 e. The van der Waals surface area contributed by atoms with Gasteiger partial charge in [-0.2, -0.15) is 4.72 Å². The van der Waals surface area contributed by atoms with Crippen molar-refractivity contribution < 1.29 is 13.2 Å². The second-order valence-electron chi connectivity index (χ2n) is 9.09. The first-order valence-corrected chi connectivity index (χ1v) is 14.0. The summed E-state index contributed by atoms with van der Waals surface area (Å²) in [5.41, 5.74) is 0. The van der Waals surface area contributed by atoms with Gasteiger partial charge in [-0.1, -0.05) is 39.2 Å². The fraction of sp³-hybridized carbons (Fsp3) is 0.773. The Labute approximate surface area is 191 Å². The van der Waals surface area contributed by atoms with E-state index >= 15 is 0 Å². The predicted octanol–water partition coefficient (Wildman–Crippen LogP) is 2.51. The van der Waals surface area contributed by atoms with Crippen molar-refractivity contribution in [3.63, 3.8) is 0 Å². The molecule has 1 atom stereocenters. The Hall–Kier alpha value is -1.00. The number of sulfonamides is 1. The summed E-state index contributed by atoms with van der Waals surface area (Å²) in [5, 5.41) is 4.65. The third-order valence-electron chi connectivity index (χ3n) is 6.44. The lowest BCUT2D eigenvalue weighted by Gasteiger charge is -2.40. The molecule has 1 aliphatic heterocycles. The van der Waals surface area contributed by atoms with Gasteiger partial charge < -0.3 is 10.2 Å². The molecule has 1 saturated carbocycles. The first-order valence-electron chi connectivity index (χ1n) is 11.7. The zero-order valence-electron chi connectivity index (χ0n) is 18.9. The highest BCUT2D eigenvalue weighted by Gasteiger charge is 2.29. The molecule has 3 rings (SSSR count). The standard InChI is InChI=1S/C22H38N4O3S2/c1-18(2)21(24-31(28,29)20-10-6-17-30-20)22(27)23-11-7-12-25-13-15-26(16-14-25)19-8-4-3-5-9-19/h6,10,17-19,21,24H,3-5,7-9,11-16H2,1-2H3,(H,23,27)/t21-/m1/s1. The van der Waals surface area contributed by atoms with E-state index in [0.29, 0.717) is 6.54 Å². The number of thiophene rings is 1. The molecule has 2 aliphatic rings. The maximum atomic E-state index is 12.6. The molecule has 2 heterocycles. The fourth-order valence-corrected chi connectivity index (χ4v) is 6.91. The van der Waals surface area contributed by atoms with E-state index in [1.165, 1.54) is 32.1 Å². The van der Waals surface area contributed by atoms with Gasteiger partial charge in [0, 0.05) is 38.8 Å². The fourth-order valence-electron chi connectivity index (χ4n) is 4.56. The molecule has 1 aromatic heterocycles. The van der Waals surface area contributed by atoms with Crippen molar-refractivity contribution >= 4 is 27.3 Å². The van der Waals surface area contributed by atoms with Crippen LogP contribution >= 0.6 is 11.3 Å². The molecule has 1 aromatic rings. The SMILES string of the molecule is CC(C)[C@@H](NS(=O)(=O)c1cccs1)C(=O)NCCCN1CCN(C2CCCCC2)CC1. The average molecular weight is 471 g/mol. The van der Waals surface area contributed by atoms with E-state index in [-0.39, 0.29) is 16.0 Å². The minimum Gasteiger partial charge on any atom is -0.355 e. The summed E-state index contributed by atoms with van der Waals surface area (Å²) in [4.78, 5) is 17.8. The van der Waals surface area contributed by atoms with Gasteiger partial charge in [-0.3, -0.25) is 9.69 Å². The van der Waals surface area contributed by atoms with Crippen LogP contribution in [-0.4, -0.2) is 75.5 Å². The van der Waals surface area contributed by atoms with Crippen molar-refractivity contribution in [3.8, 4) is 0 Å². The highest BCUT2D eigenvalue weighted by molar-refractivity contribution is 7.91. The second kappa shape index (κ2) is 11.7. The van der Waals surface area contributed by atoms with Gasteiger partial charge in [0.05, 0.1) is 0 Å². The molecule has 0 aromatic carbocycles. The summed E-state index contributed by atoms with van der Waals surface area (Å²) in [6.07, 6.45) is 7.75. The van der Waals surface area contributed by atoms with E-state index in [2.05, 4.69) is 19.8 Å². The molecule has 31 heavy (non-hydrogen) atoms. The third kappa shape index (κ3) is 7.25. The van der Waals surface area contributed by atoms with Crippen molar-refractivity contribution in [2.24, 2.45) is 5.92 Å². The van der Waals surface area contributed by atoms with Crippen LogP contribution in [0.25, 0.3) is 0 Å². The van der Waals surface area contributed by atoms with Gasteiger partial charge in [-0.25, -0.2) is 8.42 Å². The molecule has 2 N–H and O–H groups in total. The highest BCUT2D eigenvalue weighted by Crippen LogP contribution is 2.23. The Morgan fingerprint density at radius 2 is 1.87 bits per heavy atom. The molecule has 9 heteroatoms. The van der Waals surface area contributed by atoms with E-state index in [9.17, 15) is 13.2 Å². The minimum atomic E-state index is -3.67. The molecular weight excluding hydrogens is 432 g/mol. The largest absolute Gasteiger partial charge is 0.355 e. The van der Waals surface area contributed by atoms with Crippen LogP contribution < -0.4 is 10.0 Å². The molecule has 2 fully saturated rings. The highest BCUT2D eigenvalue weighted by atomic mass is 32.2. The first kappa shape index (κ1) is 24.6. The maximum Gasteiger partial charge on any atom is 0.250 e. The van der Waals surface area contributed by atoms with Crippen LogP contribution in [0, 0.1) is 5.92 Å². The average Bonchev–Trinajstić information content (AvgIpc) is 3.32. The van der Waals surface area contributed by atoms with Crippen LogP contribution in [0.1, 0.15) is 52.4 Å². The van der Waals surface area contributed by atoms with Gasteiger partial charge in [0.25, 0.3) is 10.0 Å². The maximum absolute atomic E-state index is 12.6. The number of piperazine rings is 1. The number of hydrogen-bond acceptors (Lipinski definition) is 6. The summed E-state index contributed by atoms with van der Waals surface area (Å²) in [5.74, 6) is -0.389. The van der Waals surface area contributed by atoms with Crippen LogP contribution in [-0.2, 0) is 14.8 Å². The van der Waals surface area contributed by atoms with Crippen LogP contribution in [0.3, 0.4) is 0 Å². The topological polar surface area (TPSA) is 81.7 Å². The van der Waals surface area contributed by atoms with Gasteiger partial charge in [0.2, 0.25) is 5.91 Å². The van der Waals surface area contributed by atoms with Crippen LogP contribution in [0.4, 0.5) is 0 Å².